The summed E-state index contributed by atoms with van der Waals surface area (Å²) in [4.78, 5) is 14.6. The fraction of sp³-hybridized carbons (Fsp3) is 0. The highest BCUT2D eigenvalue weighted by atomic mass is 32.1. The van der Waals surface area contributed by atoms with Gasteiger partial charge in [-0.15, -0.1) is 11.3 Å². The first-order chi connectivity index (χ1) is 30.2. The Hall–Kier alpha value is -7.21. The molecule has 11 rings (SSSR count). The van der Waals surface area contributed by atoms with Gasteiger partial charge >= 0.3 is 0 Å². The van der Waals surface area contributed by atoms with Crippen molar-refractivity contribution in [3.05, 3.63) is 188 Å². The van der Waals surface area contributed by atoms with Gasteiger partial charge in [-0.3, -0.25) is 0 Å². The highest BCUT2D eigenvalue weighted by molar-refractivity contribution is 7.25. The molecular formula is C51H31N3OS. The summed E-state index contributed by atoms with van der Waals surface area (Å²) in [6, 6.07) is 47.6. The third-order valence-electron chi connectivity index (χ3n) is 10.0. The molecule has 8 aromatic carbocycles. The molecule has 5 heteroatoms. The lowest BCUT2D eigenvalue weighted by molar-refractivity contribution is 0.670. The Morgan fingerprint density at radius 1 is 0.411 bits per heavy atom. The van der Waals surface area contributed by atoms with Crippen LogP contribution in [0.3, 0.4) is 0 Å². The first kappa shape index (κ1) is 26.5. The number of furan rings is 1. The topological polar surface area (TPSA) is 51.8 Å². The minimum atomic E-state index is -0.354. The zero-order valence-corrected chi connectivity index (χ0v) is 30.4. The first-order valence-corrected chi connectivity index (χ1v) is 19.0. The number of aromatic nitrogens is 3. The molecule has 3 heterocycles. The molecule has 0 aliphatic carbocycles. The number of para-hydroxylation sites is 1. The summed E-state index contributed by atoms with van der Waals surface area (Å²) in [5.41, 5.74) is 5.88. The van der Waals surface area contributed by atoms with E-state index in [-0.39, 0.29) is 75.1 Å². The maximum atomic E-state index is 9.67. The van der Waals surface area contributed by atoms with E-state index in [1.807, 2.05) is 133 Å². The maximum absolute atomic E-state index is 9.67. The van der Waals surface area contributed by atoms with Crippen molar-refractivity contribution < 1.29 is 12.6 Å². The summed E-state index contributed by atoms with van der Waals surface area (Å²) < 4.78 is 64.9. The molecule has 4 nitrogen and oxygen atoms in total. The first-order valence-electron chi connectivity index (χ1n) is 21.2. The van der Waals surface area contributed by atoms with Crippen molar-refractivity contribution in [2.45, 2.75) is 0 Å². The van der Waals surface area contributed by atoms with Crippen molar-refractivity contribution in [2.24, 2.45) is 0 Å². The molecule has 0 saturated carbocycles. The Balaban J connectivity index is 1.16. The number of nitrogens with zero attached hydrogens (tertiary/aromatic N) is 3. The average Bonchev–Trinajstić information content (AvgIpc) is 3.90. The Kier molecular flexibility index (Phi) is 6.29. The Labute approximate surface area is 335 Å². The Morgan fingerprint density at radius 3 is 1.71 bits per heavy atom. The molecule has 0 radical (unpaired) electrons. The lowest BCUT2D eigenvalue weighted by atomic mass is 9.92. The van der Waals surface area contributed by atoms with E-state index in [1.165, 1.54) is 0 Å². The molecule has 11 aromatic rings. The van der Waals surface area contributed by atoms with Crippen LogP contribution in [0.2, 0.25) is 0 Å². The third-order valence-corrected chi connectivity index (χ3v) is 11.2. The van der Waals surface area contributed by atoms with Crippen molar-refractivity contribution in [3.63, 3.8) is 0 Å². The molecule has 3 aromatic heterocycles. The highest BCUT2D eigenvalue weighted by Gasteiger charge is 2.18. The second-order valence-corrected chi connectivity index (χ2v) is 14.6. The summed E-state index contributed by atoms with van der Waals surface area (Å²) in [6.45, 7) is 0. The van der Waals surface area contributed by atoms with Crippen LogP contribution in [0.1, 0.15) is 8.22 Å². The van der Waals surface area contributed by atoms with Crippen LogP contribution in [0.15, 0.2) is 192 Å². The summed E-state index contributed by atoms with van der Waals surface area (Å²) in [6.07, 6.45) is 0. The molecule has 0 aliphatic rings. The van der Waals surface area contributed by atoms with E-state index in [0.717, 1.165) is 48.0 Å². The summed E-state index contributed by atoms with van der Waals surface area (Å²) in [5.74, 6) is 0.686. The molecule has 0 atom stereocenters. The van der Waals surface area contributed by atoms with E-state index in [2.05, 4.69) is 18.2 Å². The number of hydrogen-bond acceptors (Lipinski definition) is 5. The second-order valence-electron chi connectivity index (χ2n) is 13.5. The maximum Gasteiger partial charge on any atom is 0.164 e. The van der Waals surface area contributed by atoms with Gasteiger partial charge < -0.3 is 4.42 Å². The van der Waals surface area contributed by atoms with E-state index >= 15 is 0 Å². The van der Waals surface area contributed by atoms with E-state index in [1.54, 1.807) is 11.3 Å². The Bertz CT molecular complexity index is 3540. The fourth-order valence-electron chi connectivity index (χ4n) is 7.30. The van der Waals surface area contributed by atoms with Crippen LogP contribution >= 0.6 is 11.3 Å². The smallest absolute Gasteiger partial charge is 0.164 e. The highest BCUT2D eigenvalue weighted by Crippen LogP contribution is 2.41. The number of thiophene rings is 1. The number of rotatable bonds is 6. The standard InChI is InChI=1S/C51H31N3OS/c1-4-13-32(14-5-1)37-27-38(33-15-6-2-7-16-33)29-39(28-37)40-20-12-21-43-41-25-23-36(31-45(41)55-48(40)43)51-53-49(34-17-8-3-9-18-34)52-50(54-51)35-24-26-47-44(30-35)42-19-10-11-22-46(42)56-47/h1-31H/i12D,20D,21D,23D,25D,31D. The number of benzene rings is 8. The van der Waals surface area contributed by atoms with Crippen LogP contribution in [-0.2, 0) is 0 Å². The number of hydrogen-bond donors (Lipinski definition) is 0. The van der Waals surface area contributed by atoms with E-state index in [4.69, 9.17) is 22.1 Å². The van der Waals surface area contributed by atoms with E-state index in [9.17, 15) is 5.48 Å². The van der Waals surface area contributed by atoms with Crippen molar-refractivity contribution in [3.8, 4) is 67.5 Å². The van der Waals surface area contributed by atoms with Crippen LogP contribution in [0.25, 0.3) is 110 Å². The van der Waals surface area contributed by atoms with Crippen LogP contribution < -0.4 is 0 Å². The van der Waals surface area contributed by atoms with Crippen LogP contribution in [0, 0.1) is 0 Å². The molecule has 0 fully saturated rings. The summed E-state index contributed by atoms with van der Waals surface area (Å²) in [7, 11) is 0. The molecular weight excluding hydrogens is 703 g/mol. The van der Waals surface area contributed by atoms with Crippen molar-refractivity contribution >= 4 is 53.4 Å². The van der Waals surface area contributed by atoms with Gasteiger partial charge in [0.25, 0.3) is 0 Å². The van der Waals surface area contributed by atoms with Crippen molar-refractivity contribution in [1.82, 2.24) is 15.0 Å². The molecule has 0 saturated heterocycles. The van der Waals surface area contributed by atoms with Gasteiger partial charge in [-0.1, -0.05) is 133 Å². The van der Waals surface area contributed by atoms with E-state index in [0.29, 0.717) is 22.8 Å². The summed E-state index contributed by atoms with van der Waals surface area (Å²) >= 11 is 1.70. The fourth-order valence-corrected chi connectivity index (χ4v) is 8.38. The molecule has 0 bridgehead atoms. The molecule has 262 valence electrons. The minimum absolute atomic E-state index is 0.0201. The lowest BCUT2D eigenvalue weighted by Crippen LogP contribution is -2.00. The zero-order valence-electron chi connectivity index (χ0n) is 35.6. The predicted molar refractivity (Wildman–Crippen MR) is 233 cm³/mol. The predicted octanol–water partition coefficient (Wildman–Crippen LogP) is 14.1. The number of fused-ring (bicyclic) bond motifs is 6. The van der Waals surface area contributed by atoms with Gasteiger partial charge in [-0.25, -0.2) is 15.0 Å². The SMILES string of the molecule is [2H]c1c([2H])c([2H])c2c(oc3c([2H])c(-c4nc(-c5ccccc5)nc(-c5ccc6sc7ccccc7c6c5)n4)c([2H])c([2H])c32)c1-c1cc(-c2ccccc2)cc(-c2ccccc2)c1. The van der Waals surface area contributed by atoms with Gasteiger partial charge in [-0.05, 0) is 82.4 Å². The molecule has 0 amide bonds. The van der Waals surface area contributed by atoms with E-state index < -0.39 is 0 Å². The van der Waals surface area contributed by atoms with Crippen molar-refractivity contribution in [1.29, 1.82) is 0 Å². The zero-order chi connectivity index (χ0) is 42.2. The summed E-state index contributed by atoms with van der Waals surface area (Å²) in [5, 5.41) is 2.32. The van der Waals surface area contributed by atoms with Crippen LogP contribution in [0.4, 0.5) is 0 Å². The second kappa shape index (κ2) is 13.3. The van der Waals surface area contributed by atoms with Gasteiger partial charge in [0.15, 0.2) is 17.5 Å². The van der Waals surface area contributed by atoms with Crippen LogP contribution in [-0.4, -0.2) is 15.0 Å². The van der Waals surface area contributed by atoms with Gasteiger partial charge in [0.2, 0.25) is 0 Å². The molecule has 0 N–H and O–H groups in total. The average molecular weight is 740 g/mol. The molecule has 56 heavy (non-hydrogen) atoms. The van der Waals surface area contributed by atoms with Gasteiger partial charge in [0.05, 0.1) is 8.22 Å². The van der Waals surface area contributed by atoms with Crippen molar-refractivity contribution in [2.75, 3.05) is 0 Å². The Morgan fingerprint density at radius 2 is 1.00 bits per heavy atom. The molecule has 0 unspecified atom stereocenters. The lowest BCUT2D eigenvalue weighted by Gasteiger charge is -2.11. The quantitative estimate of drug-likeness (QED) is 0.170. The monoisotopic (exact) mass is 739 g/mol. The molecule has 0 spiro atoms. The normalized spacial score (nSPS) is 13.1. The van der Waals surface area contributed by atoms with Gasteiger partial charge in [0, 0.05) is 53.2 Å². The van der Waals surface area contributed by atoms with Gasteiger partial charge in [-0.2, -0.15) is 0 Å². The minimum Gasteiger partial charge on any atom is -0.455 e. The largest absolute Gasteiger partial charge is 0.455 e. The van der Waals surface area contributed by atoms with Crippen LogP contribution in [0.5, 0.6) is 0 Å². The third kappa shape index (κ3) is 5.65. The molecule has 0 aliphatic heterocycles. The van der Waals surface area contributed by atoms with Gasteiger partial charge in [0.1, 0.15) is 11.2 Å².